The molecule has 0 aliphatic rings. The minimum atomic E-state index is -0.213. The fourth-order valence-corrected chi connectivity index (χ4v) is 2.35. The van der Waals surface area contributed by atoms with Crippen molar-refractivity contribution in [2.45, 2.75) is 6.92 Å². The molecule has 2 aromatic carbocycles. The van der Waals surface area contributed by atoms with Crippen molar-refractivity contribution in [3.8, 4) is 0 Å². The average molecular weight is 340 g/mol. The minimum absolute atomic E-state index is 0.213. The first-order valence-corrected chi connectivity index (χ1v) is 6.77. The highest BCUT2D eigenvalue weighted by atomic mass is 79.9. The molecule has 0 radical (unpaired) electrons. The van der Waals surface area contributed by atoms with Crippen LogP contribution in [0.5, 0.6) is 0 Å². The van der Waals surface area contributed by atoms with E-state index >= 15 is 0 Å². The number of hydrogen-bond acceptors (Lipinski definition) is 2. The Morgan fingerprint density at radius 1 is 1.26 bits per heavy atom. The molecule has 2 rings (SSSR count). The van der Waals surface area contributed by atoms with E-state index in [4.69, 9.17) is 17.3 Å². The average Bonchev–Trinajstić information content (AvgIpc) is 2.36. The third kappa shape index (κ3) is 3.28. The highest BCUT2D eigenvalue weighted by molar-refractivity contribution is 9.10. The number of carbonyl (C=O) groups excluding carboxylic acids is 1. The molecule has 0 aliphatic carbocycles. The van der Waals surface area contributed by atoms with Gasteiger partial charge in [0.2, 0.25) is 0 Å². The third-order valence-corrected chi connectivity index (χ3v) is 3.61. The van der Waals surface area contributed by atoms with Crippen LogP contribution in [-0.4, -0.2) is 5.91 Å². The molecule has 1 amide bonds. The maximum absolute atomic E-state index is 12.1. The number of benzene rings is 2. The Morgan fingerprint density at radius 3 is 2.63 bits per heavy atom. The molecule has 0 saturated carbocycles. The SMILES string of the molecule is Cc1ccc(C(=O)Nc2ccc(Cl)cc2Br)cc1N. The molecule has 0 spiro atoms. The summed E-state index contributed by atoms with van der Waals surface area (Å²) in [5, 5.41) is 3.40. The summed E-state index contributed by atoms with van der Waals surface area (Å²) < 4.78 is 0.730. The van der Waals surface area contributed by atoms with Gasteiger partial charge in [-0.05, 0) is 58.7 Å². The summed E-state index contributed by atoms with van der Waals surface area (Å²) in [6.45, 7) is 1.90. The zero-order valence-electron chi connectivity index (χ0n) is 10.2. The molecule has 0 aliphatic heterocycles. The number of halogens is 2. The van der Waals surface area contributed by atoms with Crippen molar-refractivity contribution in [1.82, 2.24) is 0 Å². The number of amides is 1. The Balaban J connectivity index is 2.23. The number of carbonyl (C=O) groups is 1. The van der Waals surface area contributed by atoms with Crippen LogP contribution in [0.15, 0.2) is 40.9 Å². The van der Waals surface area contributed by atoms with Crippen LogP contribution in [0.3, 0.4) is 0 Å². The quantitative estimate of drug-likeness (QED) is 0.804. The lowest BCUT2D eigenvalue weighted by atomic mass is 10.1. The second-order valence-electron chi connectivity index (χ2n) is 4.15. The van der Waals surface area contributed by atoms with Gasteiger partial charge in [-0.2, -0.15) is 0 Å². The monoisotopic (exact) mass is 338 g/mol. The second-order valence-corrected chi connectivity index (χ2v) is 5.44. The molecule has 98 valence electrons. The largest absolute Gasteiger partial charge is 0.398 e. The minimum Gasteiger partial charge on any atom is -0.398 e. The number of anilines is 2. The summed E-state index contributed by atoms with van der Waals surface area (Å²) in [5.74, 6) is -0.213. The Kier molecular flexibility index (Phi) is 4.12. The molecule has 0 bridgehead atoms. The zero-order chi connectivity index (χ0) is 14.0. The molecule has 0 unspecified atom stereocenters. The van der Waals surface area contributed by atoms with Crippen molar-refractivity contribution in [2.24, 2.45) is 0 Å². The highest BCUT2D eigenvalue weighted by Crippen LogP contribution is 2.26. The molecular formula is C14H12BrClN2O. The fraction of sp³-hybridized carbons (Fsp3) is 0.0714. The van der Waals surface area contributed by atoms with Crippen LogP contribution < -0.4 is 11.1 Å². The van der Waals surface area contributed by atoms with Crippen molar-refractivity contribution >= 4 is 44.8 Å². The molecule has 3 N–H and O–H groups in total. The van der Waals surface area contributed by atoms with E-state index in [2.05, 4.69) is 21.2 Å². The number of aryl methyl sites for hydroxylation is 1. The summed E-state index contributed by atoms with van der Waals surface area (Å²) in [7, 11) is 0. The first-order chi connectivity index (χ1) is 8.97. The number of hydrogen-bond donors (Lipinski definition) is 2. The summed E-state index contributed by atoms with van der Waals surface area (Å²) in [5.41, 5.74) is 8.52. The van der Waals surface area contributed by atoms with Gasteiger partial charge in [-0.1, -0.05) is 17.7 Å². The standard InChI is InChI=1S/C14H12BrClN2O/c1-8-2-3-9(6-12(8)17)14(19)18-13-5-4-10(16)7-11(13)15/h2-7H,17H2,1H3,(H,18,19). The van der Waals surface area contributed by atoms with E-state index in [1.165, 1.54) is 0 Å². The van der Waals surface area contributed by atoms with Crippen molar-refractivity contribution in [3.63, 3.8) is 0 Å². The van der Waals surface area contributed by atoms with E-state index in [0.717, 1.165) is 10.0 Å². The summed E-state index contributed by atoms with van der Waals surface area (Å²) in [6.07, 6.45) is 0. The van der Waals surface area contributed by atoms with Gasteiger partial charge in [-0.3, -0.25) is 4.79 Å². The Bertz CT molecular complexity index is 643. The topological polar surface area (TPSA) is 55.1 Å². The molecule has 5 heteroatoms. The van der Waals surface area contributed by atoms with Crippen LogP contribution in [-0.2, 0) is 0 Å². The van der Waals surface area contributed by atoms with Gasteiger partial charge in [0.15, 0.2) is 0 Å². The second kappa shape index (κ2) is 5.63. The van der Waals surface area contributed by atoms with Gasteiger partial charge >= 0.3 is 0 Å². The molecule has 0 atom stereocenters. The number of rotatable bonds is 2. The maximum atomic E-state index is 12.1. The predicted octanol–water partition coefficient (Wildman–Crippen LogP) is 4.25. The lowest BCUT2D eigenvalue weighted by Crippen LogP contribution is -2.12. The van der Waals surface area contributed by atoms with Gasteiger partial charge in [-0.25, -0.2) is 0 Å². The van der Waals surface area contributed by atoms with E-state index in [1.54, 1.807) is 30.3 Å². The predicted molar refractivity (Wildman–Crippen MR) is 82.7 cm³/mol. The Labute approximate surface area is 124 Å². The molecule has 2 aromatic rings. The first kappa shape index (κ1) is 13.9. The van der Waals surface area contributed by atoms with Gasteiger partial charge in [0.1, 0.15) is 0 Å². The van der Waals surface area contributed by atoms with Gasteiger partial charge in [0.05, 0.1) is 5.69 Å². The highest BCUT2D eigenvalue weighted by Gasteiger charge is 2.09. The van der Waals surface area contributed by atoms with E-state index in [1.807, 2.05) is 13.0 Å². The summed E-state index contributed by atoms with van der Waals surface area (Å²) >= 11 is 9.20. The molecule has 0 aromatic heterocycles. The van der Waals surface area contributed by atoms with E-state index < -0.39 is 0 Å². The Morgan fingerprint density at radius 2 is 2.00 bits per heavy atom. The van der Waals surface area contributed by atoms with Crippen LogP contribution in [0.1, 0.15) is 15.9 Å². The molecule has 0 heterocycles. The van der Waals surface area contributed by atoms with Crippen LogP contribution >= 0.6 is 27.5 Å². The van der Waals surface area contributed by atoms with E-state index in [9.17, 15) is 4.79 Å². The summed E-state index contributed by atoms with van der Waals surface area (Å²) in [4.78, 5) is 12.1. The van der Waals surface area contributed by atoms with Gasteiger partial charge < -0.3 is 11.1 Å². The lowest BCUT2D eigenvalue weighted by molar-refractivity contribution is 0.102. The van der Waals surface area contributed by atoms with Crippen LogP contribution in [0.2, 0.25) is 5.02 Å². The first-order valence-electron chi connectivity index (χ1n) is 5.60. The van der Waals surface area contributed by atoms with E-state index in [-0.39, 0.29) is 5.91 Å². The third-order valence-electron chi connectivity index (χ3n) is 2.72. The van der Waals surface area contributed by atoms with Crippen molar-refractivity contribution in [1.29, 1.82) is 0 Å². The van der Waals surface area contributed by atoms with Crippen LogP contribution in [0, 0.1) is 6.92 Å². The Hall–Kier alpha value is -1.52. The number of nitrogens with one attached hydrogen (secondary N) is 1. The molecule has 0 fully saturated rings. The molecule has 0 saturated heterocycles. The van der Waals surface area contributed by atoms with Crippen LogP contribution in [0.4, 0.5) is 11.4 Å². The van der Waals surface area contributed by atoms with Crippen LogP contribution in [0.25, 0.3) is 0 Å². The van der Waals surface area contributed by atoms with Crippen molar-refractivity contribution in [2.75, 3.05) is 11.1 Å². The molecule has 19 heavy (non-hydrogen) atoms. The van der Waals surface area contributed by atoms with Crippen molar-refractivity contribution < 1.29 is 4.79 Å². The van der Waals surface area contributed by atoms with Gasteiger partial charge in [-0.15, -0.1) is 0 Å². The summed E-state index contributed by atoms with van der Waals surface area (Å²) in [6, 6.07) is 10.4. The lowest BCUT2D eigenvalue weighted by Gasteiger charge is -2.09. The van der Waals surface area contributed by atoms with Crippen molar-refractivity contribution in [3.05, 3.63) is 57.0 Å². The molecular weight excluding hydrogens is 328 g/mol. The number of nitrogens with two attached hydrogens (primary N) is 1. The number of nitrogen functional groups attached to an aromatic ring is 1. The normalized spacial score (nSPS) is 10.3. The smallest absolute Gasteiger partial charge is 0.255 e. The maximum Gasteiger partial charge on any atom is 0.255 e. The van der Waals surface area contributed by atoms with Gasteiger partial charge in [0, 0.05) is 20.7 Å². The zero-order valence-corrected chi connectivity index (χ0v) is 12.5. The van der Waals surface area contributed by atoms with E-state index in [0.29, 0.717) is 22.0 Å². The van der Waals surface area contributed by atoms with Gasteiger partial charge in [0.25, 0.3) is 5.91 Å². The molecule has 3 nitrogen and oxygen atoms in total. The fourth-order valence-electron chi connectivity index (χ4n) is 1.57.